The number of nitrogens with zero attached hydrogens (tertiary/aromatic N) is 2. The van der Waals surface area contributed by atoms with Crippen molar-refractivity contribution in [3.05, 3.63) is 22.2 Å². The summed E-state index contributed by atoms with van der Waals surface area (Å²) in [7, 11) is 1.62. The Morgan fingerprint density at radius 1 is 1.56 bits per heavy atom. The molecule has 1 aromatic heterocycles. The first-order chi connectivity index (χ1) is 7.60. The van der Waals surface area contributed by atoms with Crippen molar-refractivity contribution in [3.8, 4) is 0 Å². The van der Waals surface area contributed by atoms with Crippen LogP contribution in [0.2, 0.25) is 0 Å². The SMILES string of the molecule is CCNC(=O)Cn1c(C)cnc(NC)c1=O. The minimum Gasteiger partial charge on any atom is -0.369 e. The number of likely N-dealkylation sites (N-methyl/N-ethyl adjacent to an activating group) is 1. The van der Waals surface area contributed by atoms with E-state index in [1.807, 2.05) is 6.92 Å². The molecule has 0 aliphatic rings. The summed E-state index contributed by atoms with van der Waals surface area (Å²) < 4.78 is 1.39. The predicted molar refractivity (Wildman–Crippen MR) is 61.5 cm³/mol. The Morgan fingerprint density at radius 3 is 2.81 bits per heavy atom. The van der Waals surface area contributed by atoms with Crippen LogP contribution in [-0.4, -0.2) is 29.1 Å². The fourth-order valence-corrected chi connectivity index (χ4v) is 1.34. The number of aryl methyl sites for hydroxylation is 1. The number of hydrogen-bond acceptors (Lipinski definition) is 4. The highest BCUT2D eigenvalue weighted by Crippen LogP contribution is 1.97. The van der Waals surface area contributed by atoms with E-state index in [0.717, 1.165) is 0 Å². The molecule has 0 radical (unpaired) electrons. The van der Waals surface area contributed by atoms with Gasteiger partial charge >= 0.3 is 0 Å². The van der Waals surface area contributed by atoms with E-state index in [1.54, 1.807) is 20.2 Å². The van der Waals surface area contributed by atoms with E-state index in [-0.39, 0.29) is 23.8 Å². The molecule has 0 saturated carbocycles. The van der Waals surface area contributed by atoms with Crippen molar-refractivity contribution in [1.82, 2.24) is 14.9 Å². The zero-order chi connectivity index (χ0) is 12.1. The van der Waals surface area contributed by atoms with Crippen molar-refractivity contribution < 1.29 is 4.79 Å². The molecule has 6 nitrogen and oxygen atoms in total. The number of rotatable bonds is 4. The van der Waals surface area contributed by atoms with Crippen LogP contribution in [0.25, 0.3) is 0 Å². The second kappa shape index (κ2) is 5.29. The molecule has 0 saturated heterocycles. The van der Waals surface area contributed by atoms with Crippen LogP contribution in [0.5, 0.6) is 0 Å². The van der Waals surface area contributed by atoms with Crippen LogP contribution in [0.1, 0.15) is 12.6 Å². The van der Waals surface area contributed by atoms with Crippen molar-refractivity contribution in [2.24, 2.45) is 0 Å². The van der Waals surface area contributed by atoms with Crippen LogP contribution in [0.3, 0.4) is 0 Å². The van der Waals surface area contributed by atoms with Crippen LogP contribution in [0.4, 0.5) is 5.82 Å². The summed E-state index contributed by atoms with van der Waals surface area (Å²) >= 11 is 0. The number of aromatic nitrogens is 2. The Hall–Kier alpha value is -1.85. The highest BCUT2D eigenvalue weighted by Gasteiger charge is 2.09. The molecule has 0 aliphatic carbocycles. The number of anilines is 1. The molecule has 1 amide bonds. The molecule has 0 atom stereocenters. The fourth-order valence-electron chi connectivity index (χ4n) is 1.34. The molecule has 2 N–H and O–H groups in total. The fraction of sp³-hybridized carbons (Fsp3) is 0.500. The van der Waals surface area contributed by atoms with Crippen molar-refractivity contribution in [3.63, 3.8) is 0 Å². The molecular formula is C10H16N4O2. The normalized spacial score (nSPS) is 9.94. The Morgan fingerprint density at radius 2 is 2.25 bits per heavy atom. The standard InChI is InChI=1S/C10H16N4O2/c1-4-12-8(15)6-14-7(2)5-13-9(11-3)10(14)16/h5H,4,6H2,1-3H3,(H,11,13)(H,12,15). The van der Waals surface area contributed by atoms with E-state index >= 15 is 0 Å². The van der Waals surface area contributed by atoms with Crippen LogP contribution >= 0.6 is 0 Å². The third-order valence-electron chi connectivity index (χ3n) is 2.17. The lowest BCUT2D eigenvalue weighted by Gasteiger charge is -2.10. The smallest absolute Gasteiger partial charge is 0.293 e. The van der Waals surface area contributed by atoms with Crippen LogP contribution in [0, 0.1) is 6.92 Å². The average molecular weight is 224 g/mol. The molecule has 1 aromatic rings. The van der Waals surface area contributed by atoms with Gasteiger partial charge in [-0.25, -0.2) is 4.98 Å². The Labute approximate surface area is 93.7 Å². The molecule has 0 aromatic carbocycles. The van der Waals surface area contributed by atoms with Gasteiger partial charge in [-0.15, -0.1) is 0 Å². The molecule has 0 bridgehead atoms. The van der Waals surface area contributed by atoms with Crippen molar-refractivity contribution in [1.29, 1.82) is 0 Å². The third kappa shape index (κ3) is 2.59. The van der Waals surface area contributed by atoms with Crippen LogP contribution < -0.4 is 16.2 Å². The van der Waals surface area contributed by atoms with Gasteiger partial charge in [-0.1, -0.05) is 0 Å². The Kier molecular flexibility index (Phi) is 4.04. The summed E-state index contributed by atoms with van der Waals surface area (Å²) in [6, 6.07) is 0. The maximum Gasteiger partial charge on any atom is 0.293 e. The Bertz CT molecular complexity index is 439. The third-order valence-corrected chi connectivity index (χ3v) is 2.17. The minimum absolute atomic E-state index is 0.0235. The summed E-state index contributed by atoms with van der Waals surface area (Å²) in [6.07, 6.45) is 1.56. The number of carbonyl (C=O) groups is 1. The van der Waals surface area contributed by atoms with Gasteiger partial charge in [0.1, 0.15) is 6.54 Å². The van der Waals surface area contributed by atoms with Crippen molar-refractivity contribution in [2.75, 3.05) is 18.9 Å². The highest BCUT2D eigenvalue weighted by molar-refractivity contribution is 5.75. The average Bonchev–Trinajstić information content (AvgIpc) is 2.25. The van der Waals surface area contributed by atoms with Gasteiger partial charge in [0.25, 0.3) is 5.56 Å². The van der Waals surface area contributed by atoms with Gasteiger partial charge in [0.2, 0.25) is 5.91 Å². The number of hydrogen-bond donors (Lipinski definition) is 2. The van der Waals surface area contributed by atoms with Crippen molar-refractivity contribution >= 4 is 11.7 Å². The zero-order valence-corrected chi connectivity index (χ0v) is 9.70. The first-order valence-corrected chi connectivity index (χ1v) is 5.11. The van der Waals surface area contributed by atoms with E-state index in [0.29, 0.717) is 12.2 Å². The van der Waals surface area contributed by atoms with E-state index in [1.165, 1.54) is 4.57 Å². The summed E-state index contributed by atoms with van der Waals surface area (Å²) in [5.74, 6) is 0.0656. The summed E-state index contributed by atoms with van der Waals surface area (Å²) in [5.41, 5.74) is 0.379. The quantitative estimate of drug-likeness (QED) is 0.738. The van der Waals surface area contributed by atoms with Gasteiger partial charge in [0, 0.05) is 25.5 Å². The Balaban J connectivity index is 3.03. The maximum absolute atomic E-state index is 11.8. The van der Waals surface area contributed by atoms with Gasteiger partial charge in [-0.2, -0.15) is 0 Å². The molecular weight excluding hydrogens is 208 g/mol. The predicted octanol–water partition coefficient (Wildman–Crippen LogP) is -0.270. The first-order valence-electron chi connectivity index (χ1n) is 5.11. The summed E-state index contributed by atoms with van der Waals surface area (Å²) in [5, 5.41) is 5.34. The monoisotopic (exact) mass is 224 g/mol. The van der Waals surface area contributed by atoms with Gasteiger partial charge in [0.05, 0.1) is 0 Å². The largest absolute Gasteiger partial charge is 0.369 e. The van der Waals surface area contributed by atoms with Crippen LogP contribution in [-0.2, 0) is 11.3 Å². The molecule has 88 valence electrons. The summed E-state index contributed by atoms with van der Waals surface area (Å²) in [6.45, 7) is 4.15. The maximum atomic E-state index is 11.8. The lowest BCUT2D eigenvalue weighted by molar-refractivity contribution is -0.121. The van der Waals surface area contributed by atoms with E-state index in [4.69, 9.17) is 0 Å². The van der Waals surface area contributed by atoms with Crippen molar-refractivity contribution in [2.45, 2.75) is 20.4 Å². The number of nitrogens with one attached hydrogen (secondary N) is 2. The van der Waals surface area contributed by atoms with E-state index in [2.05, 4.69) is 15.6 Å². The second-order valence-corrected chi connectivity index (χ2v) is 3.34. The summed E-state index contributed by atoms with van der Waals surface area (Å²) in [4.78, 5) is 27.2. The van der Waals surface area contributed by atoms with Crippen LogP contribution in [0.15, 0.2) is 11.0 Å². The minimum atomic E-state index is -0.284. The van der Waals surface area contributed by atoms with Gasteiger partial charge in [-0.05, 0) is 13.8 Å². The van der Waals surface area contributed by atoms with Gasteiger partial charge in [-0.3, -0.25) is 14.2 Å². The van der Waals surface area contributed by atoms with Gasteiger partial charge < -0.3 is 10.6 Å². The molecule has 0 fully saturated rings. The first kappa shape index (κ1) is 12.2. The molecule has 6 heteroatoms. The molecule has 1 rings (SSSR count). The van der Waals surface area contributed by atoms with Gasteiger partial charge in [0.15, 0.2) is 5.82 Å². The topological polar surface area (TPSA) is 76.0 Å². The molecule has 0 aliphatic heterocycles. The zero-order valence-electron chi connectivity index (χ0n) is 9.70. The van der Waals surface area contributed by atoms with E-state index < -0.39 is 0 Å². The lowest BCUT2D eigenvalue weighted by Crippen LogP contribution is -2.34. The molecule has 0 unspecified atom stereocenters. The molecule has 1 heterocycles. The molecule has 16 heavy (non-hydrogen) atoms. The highest BCUT2D eigenvalue weighted by atomic mass is 16.2. The number of carbonyl (C=O) groups excluding carboxylic acids is 1. The number of amides is 1. The molecule has 0 spiro atoms. The lowest BCUT2D eigenvalue weighted by atomic mass is 10.4. The second-order valence-electron chi connectivity index (χ2n) is 3.34. The van der Waals surface area contributed by atoms with E-state index in [9.17, 15) is 9.59 Å².